The molecule has 174 valence electrons. The van der Waals surface area contributed by atoms with E-state index in [9.17, 15) is 9.59 Å². The molecule has 0 fully saturated rings. The summed E-state index contributed by atoms with van der Waals surface area (Å²) in [6.45, 7) is 3.97. The van der Waals surface area contributed by atoms with Crippen molar-refractivity contribution in [1.82, 2.24) is 20.1 Å². The van der Waals surface area contributed by atoms with Gasteiger partial charge in [-0.3, -0.25) is 9.59 Å². The van der Waals surface area contributed by atoms with Gasteiger partial charge in [0.2, 0.25) is 5.91 Å². The lowest BCUT2D eigenvalue weighted by molar-refractivity contribution is -0.113. The fourth-order valence-electron chi connectivity index (χ4n) is 3.14. The van der Waals surface area contributed by atoms with Crippen molar-refractivity contribution < 1.29 is 14.3 Å². The highest BCUT2D eigenvalue weighted by Crippen LogP contribution is 2.25. The van der Waals surface area contributed by atoms with E-state index in [4.69, 9.17) is 16.3 Å². The molecule has 0 bridgehead atoms. The zero-order valence-corrected chi connectivity index (χ0v) is 20.4. The Labute approximate surface area is 202 Å². The molecule has 0 unspecified atom stereocenters. The van der Waals surface area contributed by atoms with Crippen LogP contribution in [0.1, 0.15) is 36.1 Å². The van der Waals surface area contributed by atoms with Crippen LogP contribution < -0.4 is 15.4 Å². The van der Waals surface area contributed by atoms with Crippen LogP contribution in [0.2, 0.25) is 5.02 Å². The number of ether oxygens (including phenoxy) is 1. The molecule has 0 spiro atoms. The van der Waals surface area contributed by atoms with E-state index in [1.54, 1.807) is 60.2 Å². The SMILES string of the molecule is COc1cccc(NC(=O)CSc2nnc([C@@H](NC(=O)c3ccccc3Cl)C(C)C)n2C)c1. The van der Waals surface area contributed by atoms with Gasteiger partial charge in [0.05, 0.1) is 29.5 Å². The van der Waals surface area contributed by atoms with Crippen LogP contribution in [-0.4, -0.2) is 39.4 Å². The number of anilines is 1. The standard InChI is InChI=1S/C23H26ClN5O3S/c1-14(2)20(26-22(31)17-10-5-6-11-18(17)24)21-27-28-23(29(21)3)33-13-19(30)25-15-8-7-9-16(12-15)32-4/h5-12,14,20H,13H2,1-4H3,(H,25,30)(H,26,31)/t20-/m0/s1. The summed E-state index contributed by atoms with van der Waals surface area (Å²) < 4.78 is 6.97. The number of benzene rings is 2. The average molecular weight is 488 g/mol. The predicted molar refractivity (Wildman–Crippen MR) is 130 cm³/mol. The van der Waals surface area contributed by atoms with Gasteiger partial charge in [0, 0.05) is 18.8 Å². The topological polar surface area (TPSA) is 98.1 Å². The first-order valence-corrected chi connectivity index (χ1v) is 11.7. The quantitative estimate of drug-likeness (QED) is 0.436. The number of hydrogen-bond donors (Lipinski definition) is 2. The van der Waals surface area contributed by atoms with Gasteiger partial charge < -0.3 is 19.9 Å². The molecule has 0 aliphatic carbocycles. The molecule has 33 heavy (non-hydrogen) atoms. The van der Waals surface area contributed by atoms with Crippen LogP contribution in [0.15, 0.2) is 53.7 Å². The number of thioether (sulfide) groups is 1. The Morgan fingerprint density at radius 1 is 1.15 bits per heavy atom. The van der Waals surface area contributed by atoms with Crippen molar-refractivity contribution in [2.24, 2.45) is 13.0 Å². The molecule has 1 atom stereocenters. The van der Waals surface area contributed by atoms with Crippen molar-refractivity contribution in [2.45, 2.75) is 25.0 Å². The second kappa shape index (κ2) is 11.2. The molecule has 3 rings (SSSR count). The minimum absolute atomic E-state index is 0.0496. The number of aromatic nitrogens is 3. The van der Waals surface area contributed by atoms with Crippen molar-refractivity contribution in [3.63, 3.8) is 0 Å². The number of rotatable bonds is 9. The van der Waals surface area contributed by atoms with Gasteiger partial charge in [0.25, 0.3) is 5.91 Å². The first-order chi connectivity index (χ1) is 15.8. The fraction of sp³-hybridized carbons (Fsp3) is 0.304. The summed E-state index contributed by atoms with van der Waals surface area (Å²) in [7, 11) is 3.39. The summed E-state index contributed by atoms with van der Waals surface area (Å²) in [4.78, 5) is 25.2. The Kier molecular flexibility index (Phi) is 8.35. The Bertz CT molecular complexity index is 1130. The summed E-state index contributed by atoms with van der Waals surface area (Å²) in [6, 6.07) is 13.7. The summed E-state index contributed by atoms with van der Waals surface area (Å²) >= 11 is 7.43. The molecule has 10 heteroatoms. The molecule has 0 aliphatic rings. The third-order valence-electron chi connectivity index (χ3n) is 4.90. The lowest BCUT2D eigenvalue weighted by Gasteiger charge is -2.22. The molecule has 0 aliphatic heterocycles. The van der Waals surface area contributed by atoms with Crippen LogP contribution >= 0.6 is 23.4 Å². The molecule has 2 N–H and O–H groups in total. The Morgan fingerprint density at radius 2 is 1.91 bits per heavy atom. The number of nitrogens with one attached hydrogen (secondary N) is 2. The van der Waals surface area contributed by atoms with Crippen LogP contribution in [0.4, 0.5) is 5.69 Å². The van der Waals surface area contributed by atoms with E-state index in [2.05, 4.69) is 20.8 Å². The Balaban J connectivity index is 1.66. The summed E-state index contributed by atoms with van der Waals surface area (Å²) in [5.41, 5.74) is 1.05. The minimum atomic E-state index is -0.383. The van der Waals surface area contributed by atoms with E-state index in [-0.39, 0.29) is 29.5 Å². The molecular formula is C23H26ClN5O3S. The second-order valence-electron chi connectivity index (χ2n) is 7.64. The number of methoxy groups -OCH3 is 1. The van der Waals surface area contributed by atoms with Crippen LogP contribution in [0.3, 0.4) is 0 Å². The zero-order valence-electron chi connectivity index (χ0n) is 18.8. The van der Waals surface area contributed by atoms with Gasteiger partial charge in [0.1, 0.15) is 5.75 Å². The van der Waals surface area contributed by atoms with Gasteiger partial charge in [-0.1, -0.05) is 55.4 Å². The number of hydrogen-bond acceptors (Lipinski definition) is 6. The molecule has 0 saturated carbocycles. The molecule has 3 aromatic rings. The van der Waals surface area contributed by atoms with Crippen molar-refractivity contribution in [3.8, 4) is 5.75 Å². The van der Waals surface area contributed by atoms with Crippen molar-refractivity contribution in [2.75, 3.05) is 18.2 Å². The molecule has 2 aromatic carbocycles. The zero-order chi connectivity index (χ0) is 24.0. The number of halogens is 1. The number of amides is 2. The van der Waals surface area contributed by atoms with Gasteiger partial charge in [0.15, 0.2) is 11.0 Å². The average Bonchev–Trinajstić information content (AvgIpc) is 3.16. The highest BCUT2D eigenvalue weighted by atomic mass is 35.5. The Morgan fingerprint density at radius 3 is 2.61 bits per heavy atom. The molecular weight excluding hydrogens is 462 g/mol. The lowest BCUT2D eigenvalue weighted by Crippen LogP contribution is -2.33. The largest absolute Gasteiger partial charge is 0.497 e. The lowest BCUT2D eigenvalue weighted by atomic mass is 10.0. The van der Waals surface area contributed by atoms with Crippen LogP contribution in [0.5, 0.6) is 5.75 Å². The highest BCUT2D eigenvalue weighted by molar-refractivity contribution is 7.99. The van der Waals surface area contributed by atoms with Crippen molar-refractivity contribution in [3.05, 3.63) is 64.9 Å². The molecule has 2 amide bonds. The molecule has 0 saturated heterocycles. The highest BCUT2D eigenvalue weighted by Gasteiger charge is 2.26. The third-order valence-corrected chi connectivity index (χ3v) is 6.25. The van der Waals surface area contributed by atoms with Crippen molar-refractivity contribution in [1.29, 1.82) is 0 Å². The second-order valence-corrected chi connectivity index (χ2v) is 8.99. The normalized spacial score (nSPS) is 11.8. The van der Waals surface area contributed by atoms with Gasteiger partial charge in [-0.05, 0) is 30.2 Å². The van der Waals surface area contributed by atoms with E-state index in [0.717, 1.165) is 0 Å². The minimum Gasteiger partial charge on any atom is -0.497 e. The third kappa shape index (κ3) is 6.27. The number of carbonyl (C=O) groups excluding carboxylic acids is 2. The molecule has 0 radical (unpaired) electrons. The molecule has 1 aromatic heterocycles. The summed E-state index contributed by atoms with van der Waals surface area (Å²) in [6.07, 6.45) is 0. The predicted octanol–water partition coefficient (Wildman–Crippen LogP) is 4.34. The van der Waals surface area contributed by atoms with Gasteiger partial charge >= 0.3 is 0 Å². The smallest absolute Gasteiger partial charge is 0.253 e. The number of carbonyl (C=O) groups is 2. The molecule has 8 nitrogen and oxygen atoms in total. The fourth-order valence-corrected chi connectivity index (χ4v) is 4.08. The van der Waals surface area contributed by atoms with E-state index in [0.29, 0.717) is 33.0 Å². The maximum atomic E-state index is 12.8. The summed E-state index contributed by atoms with van der Waals surface area (Å²) in [5.74, 6) is 1.01. The van der Waals surface area contributed by atoms with Crippen molar-refractivity contribution >= 4 is 40.9 Å². The van der Waals surface area contributed by atoms with Gasteiger partial charge in [-0.25, -0.2) is 0 Å². The van der Waals surface area contributed by atoms with Crippen LogP contribution in [0.25, 0.3) is 0 Å². The first-order valence-electron chi connectivity index (χ1n) is 10.3. The van der Waals surface area contributed by atoms with E-state index >= 15 is 0 Å². The Hall–Kier alpha value is -3.04. The maximum Gasteiger partial charge on any atom is 0.253 e. The summed E-state index contributed by atoms with van der Waals surface area (Å²) in [5, 5.41) is 15.3. The van der Waals surface area contributed by atoms with E-state index in [1.165, 1.54) is 11.8 Å². The van der Waals surface area contributed by atoms with Crippen LogP contribution in [-0.2, 0) is 11.8 Å². The van der Waals surface area contributed by atoms with Crippen LogP contribution in [0, 0.1) is 5.92 Å². The number of nitrogens with zero attached hydrogens (tertiary/aromatic N) is 3. The first kappa shape index (κ1) is 24.6. The van der Waals surface area contributed by atoms with Gasteiger partial charge in [-0.15, -0.1) is 10.2 Å². The van der Waals surface area contributed by atoms with Gasteiger partial charge in [-0.2, -0.15) is 0 Å². The van der Waals surface area contributed by atoms with E-state index in [1.807, 2.05) is 20.9 Å². The molecule has 1 heterocycles. The van der Waals surface area contributed by atoms with E-state index < -0.39 is 0 Å². The maximum absolute atomic E-state index is 12.8. The monoisotopic (exact) mass is 487 g/mol.